The molecule has 3 rings (SSSR count). The Hall–Kier alpha value is -2.75. The molecule has 10 heteroatoms. The van der Waals surface area contributed by atoms with Crippen LogP contribution in [0.15, 0.2) is 53.5 Å². The molecule has 0 aliphatic carbocycles. The predicted octanol–water partition coefficient (Wildman–Crippen LogP) is 3.70. The summed E-state index contributed by atoms with van der Waals surface area (Å²) in [5.74, 6) is -0.430. The highest BCUT2D eigenvalue weighted by atomic mass is 79.9. The van der Waals surface area contributed by atoms with Gasteiger partial charge in [-0.3, -0.25) is 9.36 Å². The van der Waals surface area contributed by atoms with Crippen molar-refractivity contribution in [2.75, 3.05) is 5.32 Å². The van der Waals surface area contributed by atoms with E-state index < -0.39 is 17.6 Å². The number of aromatic nitrogens is 4. The first-order valence-corrected chi connectivity index (χ1v) is 7.64. The van der Waals surface area contributed by atoms with Crippen LogP contribution < -0.4 is 5.32 Å². The van der Waals surface area contributed by atoms with Gasteiger partial charge in [-0.25, -0.2) is 4.98 Å². The largest absolute Gasteiger partial charge is 0.418 e. The quantitative estimate of drug-likeness (QED) is 0.712. The Bertz CT molecular complexity index is 912. The summed E-state index contributed by atoms with van der Waals surface area (Å²) in [5, 5.41) is 9.53. The molecular formula is C15H9BrF3N5O. The Morgan fingerprint density at radius 2 is 1.76 bits per heavy atom. The molecule has 1 aromatic carbocycles. The molecule has 0 bridgehead atoms. The van der Waals surface area contributed by atoms with Crippen LogP contribution in [0.4, 0.5) is 18.9 Å². The maximum Gasteiger partial charge on any atom is 0.418 e. The zero-order valence-electron chi connectivity index (χ0n) is 12.3. The summed E-state index contributed by atoms with van der Waals surface area (Å²) in [5.41, 5.74) is -1.35. The monoisotopic (exact) mass is 411 g/mol. The molecule has 0 aliphatic heterocycles. The molecule has 2 heterocycles. The van der Waals surface area contributed by atoms with Crippen molar-refractivity contribution in [3.63, 3.8) is 0 Å². The van der Waals surface area contributed by atoms with Crippen molar-refractivity contribution < 1.29 is 18.0 Å². The highest BCUT2D eigenvalue weighted by Crippen LogP contribution is 2.34. The summed E-state index contributed by atoms with van der Waals surface area (Å²) in [6, 6.07) is 7.89. The molecule has 1 amide bonds. The Balaban J connectivity index is 1.94. The van der Waals surface area contributed by atoms with Crippen LogP contribution in [0, 0.1) is 0 Å². The molecule has 6 nitrogen and oxygen atoms in total. The third-order valence-electron chi connectivity index (χ3n) is 3.21. The number of halogens is 4. The number of carbonyl (C=O) groups is 1. The van der Waals surface area contributed by atoms with Gasteiger partial charge in [-0.1, -0.05) is 12.1 Å². The molecule has 3 aromatic rings. The molecule has 0 radical (unpaired) electrons. The average Bonchev–Trinajstić information content (AvgIpc) is 3.09. The van der Waals surface area contributed by atoms with E-state index in [4.69, 9.17) is 0 Å². The number of benzene rings is 1. The fourth-order valence-electron chi connectivity index (χ4n) is 2.07. The van der Waals surface area contributed by atoms with Crippen molar-refractivity contribution in [1.82, 2.24) is 19.7 Å². The van der Waals surface area contributed by atoms with E-state index in [0.29, 0.717) is 10.3 Å². The second kappa shape index (κ2) is 6.63. The lowest BCUT2D eigenvalue weighted by Crippen LogP contribution is -2.18. The number of amides is 1. The highest BCUT2D eigenvalue weighted by Gasteiger charge is 2.33. The number of nitrogens with one attached hydrogen (secondary N) is 1. The lowest BCUT2D eigenvalue weighted by molar-refractivity contribution is -0.136. The van der Waals surface area contributed by atoms with E-state index in [2.05, 4.69) is 36.4 Å². The van der Waals surface area contributed by atoms with E-state index in [9.17, 15) is 18.0 Å². The van der Waals surface area contributed by atoms with Gasteiger partial charge in [0.25, 0.3) is 5.91 Å². The van der Waals surface area contributed by atoms with Crippen LogP contribution in [-0.2, 0) is 6.18 Å². The maximum absolute atomic E-state index is 13.0. The second-order valence-corrected chi connectivity index (χ2v) is 5.72. The lowest BCUT2D eigenvalue weighted by atomic mass is 10.1. The number of rotatable bonds is 3. The van der Waals surface area contributed by atoms with Gasteiger partial charge >= 0.3 is 6.18 Å². The highest BCUT2D eigenvalue weighted by molar-refractivity contribution is 9.10. The van der Waals surface area contributed by atoms with Crippen molar-refractivity contribution in [2.45, 2.75) is 6.18 Å². The fraction of sp³-hybridized carbons (Fsp3) is 0.0667. The average molecular weight is 412 g/mol. The van der Waals surface area contributed by atoms with Gasteiger partial charge < -0.3 is 5.32 Å². The van der Waals surface area contributed by atoms with Crippen molar-refractivity contribution in [1.29, 1.82) is 0 Å². The zero-order chi connectivity index (χ0) is 18.0. The number of hydrogen-bond acceptors (Lipinski definition) is 4. The number of nitrogens with zero attached hydrogens (tertiary/aromatic N) is 4. The molecular weight excluding hydrogens is 403 g/mol. The molecule has 0 saturated heterocycles. The van der Waals surface area contributed by atoms with Gasteiger partial charge in [-0.15, -0.1) is 10.2 Å². The van der Waals surface area contributed by atoms with Gasteiger partial charge in [0.2, 0.25) is 0 Å². The fourth-order valence-corrected chi connectivity index (χ4v) is 2.48. The first kappa shape index (κ1) is 17.1. The maximum atomic E-state index is 13.0. The predicted molar refractivity (Wildman–Crippen MR) is 86.3 cm³/mol. The van der Waals surface area contributed by atoms with E-state index >= 15 is 0 Å². The SMILES string of the molecule is O=C(Nc1ccccc1C(F)(F)F)c1nc(-n2cnnc2)ccc1Br. The molecule has 0 aliphatic rings. The summed E-state index contributed by atoms with van der Waals surface area (Å²) in [6.07, 6.45) is -1.81. The van der Waals surface area contributed by atoms with Crippen molar-refractivity contribution in [3.8, 4) is 5.82 Å². The van der Waals surface area contributed by atoms with Crippen LogP contribution in [0.25, 0.3) is 5.82 Å². The molecule has 2 aromatic heterocycles. The van der Waals surface area contributed by atoms with E-state index in [0.717, 1.165) is 6.07 Å². The number of anilines is 1. The van der Waals surface area contributed by atoms with Crippen molar-refractivity contribution >= 4 is 27.5 Å². The van der Waals surface area contributed by atoms with Crippen molar-refractivity contribution in [3.05, 3.63) is 64.8 Å². The number of alkyl halides is 3. The first-order valence-electron chi connectivity index (χ1n) is 6.85. The van der Waals surface area contributed by atoms with E-state index in [1.807, 2.05) is 0 Å². The Morgan fingerprint density at radius 3 is 2.44 bits per heavy atom. The minimum Gasteiger partial charge on any atom is -0.320 e. The molecule has 25 heavy (non-hydrogen) atoms. The van der Waals surface area contributed by atoms with Crippen LogP contribution in [0.1, 0.15) is 16.1 Å². The van der Waals surface area contributed by atoms with Crippen LogP contribution in [0.2, 0.25) is 0 Å². The smallest absolute Gasteiger partial charge is 0.320 e. The number of pyridine rings is 1. The third-order valence-corrected chi connectivity index (χ3v) is 3.85. The van der Waals surface area contributed by atoms with Gasteiger partial charge in [-0.05, 0) is 40.2 Å². The van der Waals surface area contributed by atoms with Gasteiger partial charge in [0.05, 0.1) is 11.3 Å². The van der Waals surface area contributed by atoms with Crippen LogP contribution in [0.5, 0.6) is 0 Å². The topological polar surface area (TPSA) is 72.7 Å². The lowest BCUT2D eigenvalue weighted by Gasteiger charge is -2.14. The number of para-hydroxylation sites is 1. The third kappa shape index (κ3) is 3.68. The molecule has 0 saturated carbocycles. The van der Waals surface area contributed by atoms with Crippen LogP contribution >= 0.6 is 15.9 Å². The first-order chi connectivity index (χ1) is 11.9. The summed E-state index contributed by atoms with van der Waals surface area (Å²) < 4.78 is 40.9. The summed E-state index contributed by atoms with van der Waals surface area (Å²) >= 11 is 3.18. The molecule has 1 N–H and O–H groups in total. The van der Waals surface area contributed by atoms with E-state index in [-0.39, 0.29) is 11.4 Å². The number of carbonyl (C=O) groups excluding carboxylic acids is 1. The van der Waals surface area contributed by atoms with Gasteiger partial charge in [0.15, 0.2) is 0 Å². The molecule has 128 valence electrons. The minimum absolute atomic E-state index is 0.0665. The van der Waals surface area contributed by atoms with Crippen LogP contribution in [-0.4, -0.2) is 25.7 Å². The van der Waals surface area contributed by atoms with E-state index in [1.165, 1.54) is 35.4 Å². The normalized spacial score (nSPS) is 11.4. The van der Waals surface area contributed by atoms with Crippen LogP contribution in [0.3, 0.4) is 0 Å². The molecule has 0 spiro atoms. The molecule has 0 fully saturated rings. The summed E-state index contributed by atoms with van der Waals surface area (Å²) in [7, 11) is 0. The van der Waals surface area contributed by atoms with Gasteiger partial charge in [0.1, 0.15) is 24.2 Å². The van der Waals surface area contributed by atoms with Crippen molar-refractivity contribution in [2.24, 2.45) is 0 Å². The number of hydrogen-bond donors (Lipinski definition) is 1. The Labute approximate surface area is 147 Å². The Kier molecular flexibility index (Phi) is 4.53. The molecule has 0 atom stereocenters. The summed E-state index contributed by atoms with van der Waals surface area (Å²) in [6.45, 7) is 0. The van der Waals surface area contributed by atoms with Gasteiger partial charge in [0, 0.05) is 4.47 Å². The standard InChI is InChI=1S/C15H9BrF3N5O/c16-10-5-6-12(24-7-20-21-8-24)23-13(10)14(25)22-11-4-2-1-3-9(11)15(17,18)19/h1-8H,(H,22,25). The molecule has 0 unspecified atom stereocenters. The summed E-state index contributed by atoms with van der Waals surface area (Å²) in [4.78, 5) is 16.6. The zero-order valence-corrected chi connectivity index (χ0v) is 13.9. The van der Waals surface area contributed by atoms with Gasteiger partial charge in [-0.2, -0.15) is 13.2 Å². The Morgan fingerprint density at radius 1 is 1.08 bits per heavy atom. The minimum atomic E-state index is -4.58. The second-order valence-electron chi connectivity index (χ2n) is 4.87. The van der Waals surface area contributed by atoms with E-state index in [1.54, 1.807) is 12.1 Å².